The topological polar surface area (TPSA) is 60.8 Å². The summed E-state index contributed by atoms with van der Waals surface area (Å²) in [5.74, 6) is -0.898. The maximum Gasteiger partial charge on any atom is 0.335 e. The zero-order chi connectivity index (χ0) is 12.3. The second kappa shape index (κ2) is 5.29. The number of carbonyl (C=O) groups is 1. The monoisotopic (exact) mass is 235 g/mol. The van der Waals surface area contributed by atoms with Gasteiger partial charge < -0.3 is 10.2 Å². The standard InChI is InChI=1S/C13H17NO3/c15-12-5-2-6-14(9-12)8-10-3-1-4-11(7-10)13(16)17/h1,3-4,7,12,15H,2,5-6,8-9H2,(H,16,17). The molecule has 17 heavy (non-hydrogen) atoms. The van der Waals surface area contributed by atoms with Crippen molar-refractivity contribution in [1.82, 2.24) is 4.90 Å². The first-order valence-electron chi connectivity index (χ1n) is 5.88. The third-order valence-electron chi connectivity index (χ3n) is 3.06. The third-order valence-corrected chi connectivity index (χ3v) is 3.06. The van der Waals surface area contributed by atoms with Crippen LogP contribution >= 0.6 is 0 Å². The van der Waals surface area contributed by atoms with Gasteiger partial charge in [-0.15, -0.1) is 0 Å². The number of carboxylic acid groups (broad SMARTS) is 1. The lowest BCUT2D eigenvalue weighted by atomic mass is 10.1. The predicted molar refractivity (Wildman–Crippen MR) is 63.9 cm³/mol. The lowest BCUT2D eigenvalue weighted by Gasteiger charge is -2.29. The van der Waals surface area contributed by atoms with Gasteiger partial charge in [0.05, 0.1) is 11.7 Å². The SMILES string of the molecule is O=C(O)c1cccc(CN2CCCC(O)C2)c1. The molecule has 1 aromatic rings. The highest BCUT2D eigenvalue weighted by Crippen LogP contribution is 2.14. The van der Waals surface area contributed by atoms with E-state index < -0.39 is 5.97 Å². The molecule has 2 rings (SSSR count). The van der Waals surface area contributed by atoms with Gasteiger partial charge in [0.25, 0.3) is 0 Å². The van der Waals surface area contributed by atoms with Crippen molar-refractivity contribution in [3.8, 4) is 0 Å². The third kappa shape index (κ3) is 3.28. The van der Waals surface area contributed by atoms with Crippen LogP contribution in [0.5, 0.6) is 0 Å². The summed E-state index contributed by atoms with van der Waals surface area (Å²) < 4.78 is 0. The van der Waals surface area contributed by atoms with Gasteiger partial charge >= 0.3 is 5.97 Å². The van der Waals surface area contributed by atoms with E-state index in [1.54, 1.807) is 18.2 Å². The first-order valence-corrected chi connectivity index (χ1v) is 5.88. The van der Waals surface area contributed by atoms with Crippen molar-refractivity contribution in [3.63, 3.8) is 0 Å². The average Bonchev–Trinajstić information content (AvgIpc) is 2.29. The minimum absolute atomic E-state index is 0.244. The van der Waals surface area contributed by atoms with Gasteiger partial charge in [-0.2, -0.15) is 0 Å². The van der Waals surface area contributed by atoms with Crippen molar-refractivity contribution in [1.29, 1.82) is 0 Å². The summed E-state index contributed by atoms with van der Waals surface area (Å²) in [5, 5.41) is 18.5. The fourth-order valence-electron chi connectivity index (χ4n) is 2.24. The molecular formula is C13H17NO3. The molecule has 1 atom stereocenters. The Morgan fingerprint density at radius 2 is 2.29 bits per heavy atom. The summed E-state index contributed by atoms with van der Waals surface area (Å²) >= 11 is 0. The Bertz CT molecular complexity index is 405. The second-order valence-electron chi connectivity index (χ2n) is 4.54. The van der Waals surface area contributed by atoms with E-state index in [1.165, 1.54) is 0 Å². The van der Waals surface area contributed by atoms with Crippen molar-refractivity contribution in [2.45, 2.75) is 25.5 Å². The van der Waals surface area contributed by atoms with Crippen LogP contribution in [0.3, 0.4) is 0 Å². The molecule has 1 aliphatic heterocycles. The molecule has 1 saturated heterocycles. The molecule has 4 heteroatoms. The molecule has 1 aliphatic rings. The van der Waals surface area contributed by atoms with Crippen LogP contribution < -0.4 is 0 Å². The molecule has 92 valence electrons. The van der Waals surface area contributed by atoms with E-state index in [1.807, 2.05) is 6.07 Å². The van der Waals surface area contributed by atoms with Crippen LogP contribution in [0.15, 0.2) is 24.3 Å². The molecule has 0 radical (unpaired) electrons. The Balaban J connectivity index is 2.02. The Morgan fingerprint density at radius 3 is 3.00 bits per heavy atom. The first kappa shape index (κ1) is 12.1. The number of rotatable bonds is 3. The van der Waals surface area contributed by atoms with Gasteiger partial charge in [-0.3, -0.25) is 4.90 Å². The number of aliphatic hydroxyl groups excluding tert-OH is 1. The minimum atomic E-state index is -0.898. The Hall–Kier alpha value is -1.39. The van der Waals surface area contributed by atoms with Crippen LogP contribution in [-0.2, 0) is 6.54 Å². The van der Waals surface area contributed by atoms with Crippen molar-refractivity contribution < 1.29 is 15.0 Å². The van der Waals surface area contributed by atoms with Crippen LogP contribution in [0.1, 0.15) is 28.8 Å². The summed E-state index contributed by atoms with van der Waals surface area (Å²) in [6, 6.07) is 6.98. The molecule has 1 heterocycles. The number of likely N-dealkylation sites (tertiary alicyclic amines) is 1. The minimum Gasteiger partial charge on any atom is -0.478 e. The molecule has 0 aliphatic carbocycles. The van der Waals surface area contributed by atoms with Gasteiger partial charge in [0.2, 0.25) is 0 Å². The Morgan fingerprint density at radius 1 is 1.47 bits per heavy atom. The molecule has 4 nitrogen and oxygen atoms in total. The predicted octanol–water partition coefficient (Wildman–Crippen LogP) is 1.34. The van der Waals surface area contributed by atoms with Crippen LogP contribution in [0.4, 0.5) is 0 Å². The van der Waals surface area contributed by atoms with Gasteiger partial charge in [0, 0.05) is 13.1 Å². The summed E-state index contributed by atoms with van der Waals surface area (Å²) in [6.45, 7) is 2.35. The summed E-state index contributed by atoms with van der Waals surface area (Å²) in [7, 11) is 0. The van der Waals surface area contributed by atoms with E-state index in [-0.39, 0.29) is 6.10 Å². The van der Waals surface area contributed by atoms with E-state index in [9.17, 15) is 9.90 Å². The molecule has 2 N–H and O–H groups in total. The number of hydrogen-bond donors (Lipinski definition) is 2. The van der Waals surface area contributed by atoms with Crippen molar-refractivity contribution >= 4 is 5.97 Å². The van der Waals surface area contributed by atoms with Gasteiger partial charge in [-0.25, -0.2) is 4.79 Å². The second-order valence-corrected chi connectivity index (χ2v) is 4.54. The number of nitrogens with zero attached hydrogens (tertiary/aromatic N) is 1. The molecule has 1 fully saturated rings. The number of carboxylic acids is 1. The molecule has 0 amide bonds. The fourth-order valence-corrected chi connectivity index (χ4v) is 2.24. The van der Waals surface area contributed by atoms with E-state index in [0.717, 1.165) is 24.9 Å². The van der Waals surface area contributed by atoms with Gasteiger partial charge in [0.1, 0.15) is 0 Å². The lowest BCUT2D eigenvalue weighted by molar-refractivity contribution is 0.0662. The number of β-amino-alcohol motifs (C(OH)–C–C–N with tert-alkyl or cyclic N) is 1. The molecule has 1 aromatic carbocycles. The molecule has 0 aromatic heterocycles. The van der Waals surface area contributed by atoms with Crippen LogP contribution in [0.25, 0.3) is 0 Å². The Kier molecular flexibility index (Phi) is 3.76. The normalized spacial score (nSPS) is 21.4. The first-order chi connectivity index (χ1) is 8.15. The van der Waals surface area contributed by atoms with E-state index >= 15 is 0 Å². The van der Waals surface area contributed by atoms with Crippen molar-refractivity contribution in [2.75, 3.05) is 13.1 Å². The number of aromatic carboxylic acids is 1. The average molecular weight is 235 g/mol. The van der Waals surface area contributed by atoms with Crippen molar-refractivity contribution in [2.24, 2.45) is 0 Å². The van der Waals surface area contributed by atoms with Crippen molar-refractivity contribution in [3.05, 3.63) is 35.4 Å². The zero-order valence-corrected chi connectivity index (χ0v) is 9.67. The largest absolute Gasteiger partial charge is 0.478 e. The summed E-state index contributed by atoms with van der Waals surface area (Å²) in [5.41, 5.74) is 1.30. The van der Waals surface area contributed by atoms with Crippen LogP contribution in [-0.4, -0.2) is 40.3 Å². The number of hydrogen-bond acceptors (Lipinski definition) is 3. The molecular weight excluding hydrogens is 218 g/mol. The van der Waals surface area contributed by atoms with Gasteiger partial charge in [0.15, 0.2) is 0 Å². The summed E-state index contributed by atoms with van der Waals surface area (Å²) in [6.07, 6.45) is 1.62. The fraction of sp³-hybridized carbons (Fsp3) is 0.462. The lowest BCUT2D eigenvalue weighted by Crippen LogP contribution is -2.37. The molecule has 0 bridgehead atoms. The molecule has 0 spiro atoms. The highest BCUT2D eigenvalue weighted by Gasteiger charge is 2.17. The number of piperidine rings is 1. The van der Waals surface area contributed by atoms with E-state index in [0.29, 0.717) is 18.7 Å². The maximum atomic E-state index is 10.8. The number of benzene rings is 1. The van der Waals surface area contributed by atoms with E-state index in [2.05, 4.69) is 4.90 Å². The van der Waals surface area contributed by atoms with Crippen LogP contribution in [0, 0.1) is 0 Å². The van der Waals surface area contributed by atoms with E-state index in [4.69, 9.17) is 5.11 Å². The number of aliphatic hydroxyl groups is 1. The molecule has 1 unspecified atom stereocenters. The maximum absolute atomic E-state index is 10.8. The smallest absolute Gasteiger partial charge is 0.335 e. The van der Waals surface area contributed by atoms with Gasteiger partial charge in [-0.05, 0) is 37.1 Å². The Labute approximate surface area is 100 Å². The van der Waals surface area contributed by atoms with Gasteiger partial charge in [-0.1, -0.05) is 12.1 Å². The summed E-state index contributed by atoms with van der Waals surface area (Å²) in [4.78, 5) is 13.0. The zero-order valence-electron chi connectivity index (χ0n) is 9.67. The highest BCUT2D eigenvalue weighted by atomic mass is 16.4. The highest BCUT2D eigenvalue weighted by molar-refractivity contribution is 5.87. The quantitative estimate of drug-likeness (QED) is 0.830. The van der Waals surface area contributed by atoms with Crippen LogP contribution in [0.2, 0.25) is 0 Å². The molecule has 0 saturated carbocycles.